The van der Waals surface area contributed by atoms with Gasteiger partial charge in [-0.3, -0.25) is 0 Å². The maximum atomic E-state index is 9.80. The number of hydrogen-bond acceptors (Lipinski definition) is 4. The minimum atomic E-state index is -0.565. The molecule has 0 aromatic heterocycles. The summed E-state index contributed by atoms with van der Waals surface area (Å²) in [5.74, 6) is 1.51. The molecule has 3 aromatic rings. The van der Waals surface area contributed by atoms with Crippen molar-refractivity contribution in [1.29, 1.82) is 0 Å². The largest absolute Gasteiger partial charge is 0.490 e. The van der Waals surface area contributed by atoms with Gasteiger partial charge in [-0.2, -0.15) is 0 Å². The number of ether oxygens (including phenoxy) is 2. The Kier molecular flexibility index (Phi) is 6.35. The zero-order chi connectivity index (χ0) is 21.2. The summed E-state index contributed by atoms with van der Waals surface area (Å²) in [5, 5.41) is 23.3. The number of hydrogen-bond donors (Lipinski definition) is 2. The third-order valence-electron chi connectivity index (χ3n) is 5.53. The van der Waals surface area contributed by atoms with Crippen molar-refractivity contribution >= 4 is 21.5 Å². The predicted molar refractivity (Wildman–Crippen MR) is 119 cm³/mol. The van der Waals surface area contributed by atoms with Crippen LogP contribution in [0.5, 0.6) is 11.5 Å². The maximum Gasteiger partial charge on any atom is 0.135 e. The van der Waals surface area contributed by atoms with Gasteiger partial charge in [0.2, 0.25) is 0 Å². The van der Waals surface area contributed by atoms with Gasteiger partial charge >= 0.3 is 0 Å². The predicted octanol–water partition coefficient (Wildman–Crippen LogP) is 5.20. The quantitative estimate of drug-likeness (QED) is 0.514. The number of aliphatic hydroxyl groups is 2. The molecule has 29 heavy (non-hydrogen) atoms. The molecule has 0 amide bonds. The molecule has 3 aromatic carbocycles. The molecule has 3 rings (SSSR count). The third kappa shape index (κ3) is 4.49. The lowest BCUT2D eigenvalue weighted by molar-refractivity contribution is 0.123. The summed E-state index contributed by atoms with van der Waals surface area (Å²) in [6.45, 7) is 10.5. The van der Waals surface area contributed by atoms with E-state index in [-0.39, 0.29) is 18.6 Å². The highest BCUT2D eigenvalue weighted by molar-refractivity contribution is 6.11. The van der Waals surface area contributed by atoms with E-state index in [4.69, 9.17) is 9.47 Å². The van der Waals surface area contributed by atoms with Crippen molar-refractivity contribution in [2.75, 3.05) is 13.2 Å². The van der Waals surface area contributed by atoms with Crippen molar-refractivity contribution in [3.05, 3.63) is 48.0 Å². The van der Waals surface area contributed by atoms with Crippen LogP contribution in [0.15, 0.2) is 42.5 Å². The van der Waals surface area contributed by atoms with Crippen molar-refractivity contribution in [2.45, 2.75) is 58.7 Å². The van der Waals surface area contributed by atoms with E-state index < -0.39 is 12.2 Å². The Bertz CT molecular complexity index is 989. The topological polar surface area (TPSA) is 58.9 Å². The van der Waals surface area contributed by atoms with Crippen LogP contribution in [0.1, 0.15) is 46.6 Å². The summed E-state index contributed by atoms with van der Waals surface area (Å²) in [5.41, 5.74) is 1.26. The Balaban J connectivity index is 2.32. The summed E-state index contributed by atoms with van der Waals surface area (Å²) < 4.78 is 12.2. The van der Waals surface area contributed by atoms with Crippen LogP contribution >= 0.6 is 0 Å². The molecule has 0 fully saturated rings. The first-order valence-electron chi connectivity index (χ1n) is 10.3. The van der Waals surface area contributed by atoms with Crippen LogP contribution < -0.4 is 9.47 Å². The fourth-order valence-electron chi connectivity index (χ4n) is 3.44. The zero-order valence-electron chi connectivity index (χ0n) is 18.0. The first-order chi connectivity index (χ1) is 13.7. The molecule has 4 nitrogen and oxygen atoms in total. The standard InChI is InChI=1S/C25H32O4/c1-6-25(4,5)18-11-12-21-22(13-18)24(29-15-17(3)27)20-10-8-7-9-19(20)23(21)28-14-16(2)26/h7-13,16-17,26-27H,6,14-15H2,1-5H3. The lowest BCUT2D eigenvalue weighted by atomic mass is 9.81. The molecule has 0 aliphatic heterocycles. The molecule has 2 N–H and O–H groups in total. The van der Waals surface area contributed by atoms with Gasteiger partial charge in [0.1, 0.15) is 24.7 Å². The number of aliphatic hydroxyl groups excluding tert-OH is 2. The normalized spacial score (nSPS) is 14.2. The van der Waals surface area contributed by atoms with E-state index in [2.05, 4.69) is 39.0 Å². The molecule has 0 saturated heterocycles. The molecule has 0 saturated carbocycles. The van der Waals surface area contributed by atoms with Gasteiger partial charge in [-0.1, -0.05) is 57.2 Å². The molecule has 0 radical (unpaired) electrons. The Morgan fingerprint density at radius 1 is 0.793 bits per heavy atom. The van der Waals surface area contributed by atoms with Crippen LogP contribution in [0.2, 0.25) is 0 Å². The second kappa shape index (κ2) is 8.60. The Hall–Kier alpha value is -2.30. The lowest BCUT2D eigenvalue weighted by Gasteiger charge is -2.25. The van der Waals surface area contributed by atoms with E-state index in [1.807, 2.05) is 24.3 Å². The van der Waals surface area contributed by atoms with Crippen molar-refractivity contribution in [1.82, 2.24) is 0 Å². The fraction of sp³-hybridized carbons (Fsp3) is 0.440. The molecule has 0 bridgehead atoms. The molecule has 4 heteroatoms. The van der Waals surface area contributed by atoms with E-state index in [9.17, 15) is 10.2 Å². The van der Waals surface area contributed by atoms with E-state index in [1.54, 1.807) is 13.8 Å². The smallest absolute Gasteiger partial charge is 0.135 e. The van der Waals surface area contributed by atoms with Gasteiger partial charge in [0.25, 0.3) is 0 Å². The van der Waals surface area contributed by atoms with Gasteiger partial charge in [0.05, 0.1) is 12.2 Å². The summed E-state index contributed by atoms with van der Waals surface area (Å²) in [4.78, 5) is 0. The summed E-state index contributed by atoms with van der Waals surface area (Å²) in [7, 11) is 0. The second-order valence-electron chi connectivity index (χ2n) is 8.52. The summed E-state index contributed by atoms with van der Waals surface area (Å²) >= 11 is 0. The molecular weight excluding hydrogens is 364 g/mol. The van der Waals surface area contributed by atoms with Crippen LogP contribution in [0.4, 0.5) is 0 Å². The van der Waals surface area contributed by atoms with Crippen molar-refractivity contribution in [2.24, 2.45) is 0 Å². The molecule has 156 valence electrons. The third-order valence-corrected chi connectivity index (χ3v) is 5.53. The van der Waals surface area contributed by atoms with Gasteiger partial charge in [-0.05, 0) is 37.3 Å². The highest BCUT2D eigenvalue weighted by atomic mass is 16.5. The van der Waals surface area contributed by atoms with Crippen molar-refractivity contribution < 1.29 is 19.7 Å². The van der Waals surface area contributed by atoms with Crippen LogP contribution in [0.3, 0.4) is 0 Å². The van der Waals surface area contributed by atoms with Crippen LogP contribution in [0, 0.1) is 0 Å². The Labute approximate surface area is 173 Å². The Morgan fingerprint density at radius 3 is 1.76 bits per heavy atom. The highest BCUT2D eigenvalue weighted by Gasteiger charge is 2.22. The van der Waals surface area contributed by atoms with Gasteiger partial charge in [-0.15, -0.1) is 0 Å². The van der Waals surface area contributed by atoms with Gasteiger partial charge in [0, 0.05) is 21.5 Å². The molecule has 2 atom stereocenters. The summed E-state index contributed by atoms with van der Waals surface area (Å²) in [6, 6.07) is 14.4. The van der Waals surface area contributed by atoms with E-state index >= 15 is 0 Å². The minimum absolute atomic E-state index is 0.0298. The molecule has 0 heterocycles. The van der Waals surface area contributed by atoms with Crippen LogP contribution in [-0.4, -0.2) is 35.6 Å². The second-order valence-corrected chi connectivity index (χ2v) is 8.52. The fourth-order valence-corrected chi connectivity index (χ4v) is 3.44. The van der Waals surface area contributed by atoms with Gasteiger partial charge in [0.15, 0.2) is 0 Å². The van der Waals surface area contributed by atoms with Crippen LogP contribution in [-0.2, 0) is 5.41 Å². The first kappa shape index (κ1) is 21.4. The number of fused-ring (bicyclic) bond motifs is 2. The molecule has 0 spiro atoms. The van der Waals surface area contributed by atoms with E-state index in [1.165, 1.54) is 5.56 Å². The Morgan fingerprint density at radius 2 is 1.28 bits per heavy atom. The zero-order valence-corrected chi connectivity index (χ0v) is 18.0. The monoisotopic (exact) mass is 396 g/mol. The average molecular weight is 397 g/mol. The van der Waals surface area contributed by atoms with Crippen molar-refractivity contribution in [3.8, 4) is 11.5 Å². The van der Waals surface area contributed by atoms with E-state index in [0.29, 0.717) is 0 Å². The SMILES string of the molecule is CCC(C)(C)c1ccc2c(OCC(C)O)c3ccccc3c(OCC(C)O)c2c1. The molecule has 0 aliphatic carbocycles. The van der Waals surface area contributed by atoms with Gasteiger partial charge < -0.3 is 19.7 Å². The number of rotatable bonds is 8. The minimum Gasteiger partial charge on any atom is -0.490 e. The number of benzene rings is 3. The van der Waals surface area contributed by atoms with E-state index in [0.717, 1.165) is 39.5 Å². The van der Waals surface area contributed by atoms with Crippen LogP contribution in [0.25, 0.3) is 21.5 Å². The first-order valence-corrected chi connectivity index (χ1v) is 10.3. The average Bonchev–Trinajstić information content (AvgIpc) is 2.69. The summed E-state index contributed by atoms with van der Waals surface area (Å²) in [6.07, 6.45) is -0.111. The lowest BCUT2D eigenvalue weighted by Crippen LogP contribution is -2.16. The maximum absolute atomic E-state index is 9.80. The molecule has 2 unspecified atom stereocenters. The highest BCUT2D eigenvalue weighted by Crippen LogP contribution is 2.44. The van der Waals surface area contributed by atoms with Crippen molar-refractivity contribution in [3.63, 3.8) is 0 Å². The molecular formula is C25H32O4. The van der Waals surface area contributed by atoms with Gasteiger partial charge in [-0.25, -0.2) is 0 Å². The molecule has 0 aliphatic rings.